The SMILES string of the molecule is CN1CCN(C(=O)c2ccc(Nc3nc(-c4c(F)cccc4F)n4cc[nH]c(=O)c34)cc2)CC1. The number of anilines is 2. The summed E-state index contributed by atoms with van der Waals surface area (Å²) in [6.45, 7) is 3.01. The lowest BCUT2D eigenvalue weighted by Gasteiger charge is -2.32. The number of nitrogens with one attached hydrogen (secondary N) is 2. The number of H-pyrrole nitrogens is 1. The average Bonchev–Trinajstić information content (AvgIpc) is 3.18. The molecule has 1 aliphatic rings. The van der Waals surface area contributed by atoms with E-state index in [9.17, 15) is 18.4 Å². The zero-order valence-electron chi connectivity index (χ0n) is 18.4. The Kier molecular flexibility index (Phi) is 5.58. The highest BCUT2D eigenvalue weighted by Gasteiger charge is 2.22. The lowest BCUT2D eigenvalue weighted by atomic mass is 10.1. The Hall–Kier alpha value is -4.05. The van der Waals surface area contributed by atoms with Crippen LogP contribution in [0.1, 0.15) is 10.4 Å². The summed E-state index contributed by atoms with van der Waals surface area (Å²) >= 11 is 0. The van der Waals surface area contributed by atoms with Gasteiger partial charge in [-0.05, 0) is 43.4 Å². The Labute approximate surface area is 193 Å². The van der Waals surface area contributed by atoms with Gasteiger partial charge in [-0.2, -0.15) is 0 Å². The molecule has 0 saturated carbocycles. The molecule has 0 bridgehead atoms. The van der Waals surface area contributed by atoms with E-state index < -0.39 is 17.2 Å². The minimum absolute atomic E-state index is 0.0407. The average molecular weight is 464 g/mol. The van der Waals surface area contributed by atoms with E-state index in [1.807, 2.05) is 11.9 Å². The molecular weight excluding hydrogens is 442 g/mol. The van der Waals surface area contributed by atoms with Gasteiger partial charge in [0.15, 0.2) is 17.2 Å². The predicted octanol–water partition coefficient (Wildman–Crippen LogP) is 3.10. The van der Waals surface area contributed by atoms with Crippen molar-refractivity contribution in [1.29, 1.82) is 0 Å². The number of carbonyl (C=O) groups excluding carboxylic acids is 1. The minimum atomic E-state index is -0.787. The van der Waals surface area contributed by atoms with E-state index in [1.165, 1.54) is 22.9 Å². The normalized spacial score (nSPS) is 14.5. The second-order valence-electron chi connectivity index (χ2n) is 8.19. The van der Waals surface area contributed by atoms with Crippen molar-refractivity contribution in [2.75, 3.05) is 38.5 Å². The maximum absolute atomic E-state index is 14.5. The number of benzene rings is 2. The summed E-state index contributed by atoms with van der Waals surface area (Å²) in [7, 11) is 2.03. The van der Waals surface area contributed by atoms with Crippen LogP contribution in [0.25, 0.3) is 16.9 Å². The topological polar surface area (TPSA) is 85.7 Å². The number of aromatic amines is 1. The van der Waals surface area contributed by atoms with Crippen molar-refractivity contribution in [3.8, 4) is 11.4 Å². The molecule has 4 aromatic rings. The number of fused-ring (bicyclic) bond motifs is 1. The van der Waals surface area contributed by atoms with Gasteiger partial charge in [-0.15, -0.1) is 0 Å². The van der Waals surface area contributed by atoms with Gasteiger partial charge in [-0.3, -0.25) is 14.0 Å². The molecule has 0 atom stereocenters. The number of rotatable bonds is 4. The first kappa shape index (κ1) is 21.8. The minimum Gasteiger partial charge on any atom is -0.338 e. The summed E-state index contributed by atoms with van der Waals surface area (Å²) in [6.07, 6.45) is 2.86. The van der Waals surface area contributed by atoms with Crippen molar-refractivity contribution >= 4 is 22.9 Å². The molecule has 0 unspecified atom stereocenters. The standard InChI is InChI=1S/C24H22F2N6O2/c1-30-11-13-31(14-12-30)24(34)15-5-7-16(8-6-15)28-21-20-23(33)27-9-10-32(20)22(29-21)19-17(25)3-2-4-18(19)26/h2-10,28H,11-14H2,1H3,(H,27,33). The number of nitrogens with zero attached hydrogens (tertiary/aromatic N) is 4. The van der Waals surface area contributed by atoms with E-state index in [4.69, 9.17) is 0 Å². The molecule has 5 rings (SSSR count). The van der Waals surface area contributed by atoms with E-state index in [2.05, 4.69) is 20.2 Å². The molecule has 0 radical (unpaired) electrons. The Morgan fingerprint density at radius 1 is 1.03 bits per heavy atom. The van der Waals surface area contributed by atoms with Crippen LogP contribution in [0, 0.1) is 11.6 Å². The molecule has 0 aliphatic carbocycles. The number of hydrogen-bond donors (Lipinski definition) is 2. The third-order valence-electron chi connectivity index (χ3n) is 5.94. The molecule has 0 spiro atoms. The van der Waals surface area contributed by atoms with Gasteiger partial charge in [0.25, 0.3) is 11.5 Å². The van der Waals surface area contributed by atoms with Gasteiger partial charge in [0.05, 0.1) is 5.56 Å². The smallest absolute Gasteiger partial charge is 0.276 e. The van der Waals surface area contributed by atoms with Crippen LogP contribution in [-0.4, -0.2) is 63.3 Å². The Morgan fingerprint density at radius 2 is 1.71 bits per heavy atom. The van der Waals surface area contributed by atoms with E-state index in [1.54, 1.807) is 24.3 Å². The highest BCUT2D eigenvalue weighted by atomic mass is 19.1. The molecule has 1 amide bonds. The third-order valence-corrected chi connectivity index (χ3v) is 5.94. The molecule has 2 aromatic carbocycles. The molecule has 2 aromatic heterocycles. The van der Waals surface area contributed by atoms with E-state index in [-0.39, 0.29) is 28.6 Å². The number of likely N-dealkylation sites (N-methyl/N-ethyl adjacent to an activating group) is 1. The van der Waals surface area contributed by atoms with Gasteiger partial charge >= 0.3 is 0 Å². The highest BCUT2D eigenvalue weighted by Crippen LogP contribution is 2.29. The summed E-state index contributed by atoms with van der Waals surface area (Å²) in [5.41, 5.74) is 0.430. The summed E-state index contributed by atoms with van der Waals surface area (Å²) in [5, 5.41) is 3.04. The summed E-state index contributed by atoms with van der Waals surface area (Å²) in [5.74, 6) is -1.52. The summed E-state index contributed by atoms with van der Waals surface area (Å²) in [4.78, 5) is 36.2. The third kappa shape index (κ3) is 3.92. The molecule has 1 fully saturated rings. The van der Waals surface area contributed by atoms with E-state index >= 15 is 0 Å². The molecule has 1 aliphatic heterocycles. The number of hydrogen-bond acceptors (Lipinski definition) is 5. The van der Waals surface area contributed by atoms with Gasteiger partial charge in [0.1, 0.15) is 11.6 Å². The van der Waals surface area contributed by atoms with E-state index in [0.717, 1.165) is 25.2 Å². The molecule has 8 nitrogen and oxygen atoms in total. The fourth-order valence-corrected chi connectivity index (χ4v) is 4.05. The fourth-order valence-electron chi connectivity index (χ4n) is 4.05. The van der Waals surface area contributed by atoms with Crippen molar-refractivity contribution in [2.24, 2.45) is 0 Å². The van der Waals surface area contributed by atoms with Crippen LogP contribution in [0.15, 0.2) is 59.7 Å². The van der Waals surface area contributed by atoms with Crippen molar-refractivity contribution < 1.29 is 13.6 Å². The van der Waals surface area contributed by atoms with Crippen LogP contribution in [0.4, 0.5) is 20.3 Å². The monoisotopic (exact) mass is 464 g/mol. The van der Waals surface area contributed by atoms with Gasteiger partial charge in [0.2, 0.25) is 0 Å². The van der Waals surface area contributed by atoms with Crippen LogP contribution < -0.4 is 10.9 Å². The number of amides is 1. The zero-order chi connectivity index (χ0) is 23.8. The maximum Gasteiger partial charge on any atom is 0.276 e. The quantitative estimate of drug-likeness (QED) is 0.485. The fraction of sp³-hybridized carbons (Fsp3) is 0.208. The molecule has 3 heterocycles. The second kappa shape index (κ2) is 8.71. The first-order valence-corrected chi connectivity index (χ1v) is 10.8. The molecular formula is C24H22F2N6O2. The zero-order valence-corrected chi connectivity index (χ0v) is 18.4. The Balaban J connectivity index is 1.47. The molecule has 174 valence electrons. The molecule has 34 heavy (non-hydrogen) atoms. The lowest BCUT2D eigenvalue weighted by molar-refractivity contribution is 0.0664. The number of imidazole rings is 1. The van der Waals surface area contributed by atoms with Crippen molar-refractivity contribution in [3.05, 3.63) is 82.4 Å². The number of halogens is 2. The van der Waals surface area contributed by atoms with Crippen LogP contribution in [0.3, 0.4) is 0 Å². The van der Waals surface area contributed by atoms with Crippen LogP contribution in [0.2, 0.25) is 0 Å². The lowest BCUT2D eigenvalue weighted by Crippen LogP contribution is -2.47. The van der Waals surface area contributed by atoms with Crippen LogP contribution in [-0.2, 0) is 0 Å². The van der Waals surface area contributed by atoms with Crippen molar-refractivity contribution in [1.82, 2.24) is 24.2 Å². The van der Waals surface area contributed by atoms with Gasteiger partial charge in [-0.1, -0.05) is 6.07 Å². The number of carbonyl (C=O) groups is 1. The van der Waals surface area contributed by atoms with Crippen LogP contribution in [0.5, 0.6) is 0 Å². The first-order chi connectivity index (χ1) is 16.4. The highest BCUT2D eigenvalue weighted by molar-refractivity contribution is 5.94. The predicted molar refractivity (Wildman–Crippen MR) is 124 cm³/mol. The molecule has 2 N–H and O–H groups in total. The van der Waals surface area contributed by atoms with Crippen molar-refractivity contribution in [2.45, 2.75) is 0 Å². The largest absolute Gasteiger partial charge is 0.338 e. The summed E-state index contributed by atoms with van der Waals surface area (Å²) < 4.78 is 30.3. The Bertz CT molecular complexity index is 1400. The number of aromatic nitrogens is 3. The van der Waals surface area contributed by atoms with Gasteiger partial charge < -0.3 is 20.1 Å². The van der Waals surface area contributed by atoms with Crippen molar-refractivity contribution in [3.63, 3.8) is 0 Å². The Morgan fingerprint density at radius 3 is 2.38 bits per heavy atom. The van der Waals surface area contributed by atoms with Crippen LogP contribution >= 0.6 is 0 Å². The first-order valence-electron chi connectivity index (χ1n) is 10.8. The molecule has 10 heteroatoms. The second-order valence-corrected chi connectivity index (χ2v) is 8.19. The summed E-state index contributed by atoms with van der Waals surface area (Å²) in [6, 6.07) is 10.3. The van der Waals surface area contributed by atoms with E-state index in [0.29, 0.717) is 24.3 Å². The molecule has 1 saturated heterocycles. The van der Waals surface area contributed by atoms with Gasteiger partial charge in [0, 0.05) is 49.8 Å². The number of piperazine rings is 1. The van der Waals surface area contributed by atoms with Gasteiger partial charge in [-0.25, -0.2) is 13.8 Å². The maximum atomic E-state index is 14.5.